The zero-order valence-electron chi connectivity index (χ0n) is 10.5. The molecule has 0 amide bonds. The summed E-state index contributed by atoms with van der Waals surface area (Å²) in [6.45, 7) is 3.95. The molecular formula is C14H13BrClFN2. The minimum Gasteiger partial charge on any atom is -0.397 e. The summed E-state index contributed by atoms with van der Waals surface area (Å²) in [5, 5.41) is 3.18. The van der Waals surface area contributed by atoms with Gasteiger partial charge in [-0.25, -0.2) is 4.39 Å². The van der Waals surface area contributed by atoms with Crippen molar-refractivity contribution in [3.05, 3.63) is 50.7 Å². The highest BCUT2D eigenvalue weighted by molar-refractivity contribution is 9.10. The van der Waals surface area contributed by atoms with E-state index in [1.54, 1.807) is 0 Å². The maximum Gasteiger partial charge on any atom is 0.144 e. The molecule has 0 radical (unpaired) electrons. The van der Waals surface area contributed by atoms with Gasteiger partial charge in [-0.3, -0.25) is 0 Å². The van der Waals surface area contributed by atoms with E-state index in [4.69, 9.17) is 17.3 Å². The number of hydrogen-bond acceptors (Lipinski definition) is 2. The fourth-order valence-electron chi connectivity index (χ4n) is 1.91. The maximum absolute atomic E-state index is 13.5. The van der Waals surface area contributed by atoms with Crippen LogP contribution in [0.3, 0.4) is 0 Å². The lowest BCUT2D eigenvalue weighted by Gasteiger charge is -2.15. The van der Waals surface area contributed by atoms with Crippen LogP contribution in [0, 0.1) is 19.7 Å². The molecule has 2 aromatic carbocycles. The summed E-state index contributed by atoms with van der Waals surface area (Å²) < 4.78 is 14.5. The van der Waals surface area contributed by atoms with Gasteiger partial charge >= 0.3 is 0 Å². The van der Waals surface area contributed by atoms with Crippen LogP contribution in [0.5, 0.6) is 0 Å². The Labute approximate surface area is 124 Å². The third kappa shape index (κ3) is 3.01. The summed E-state index contributed by atoms with van der Waals surface area (Å²) in [6.07, 6.45) is 0. The van der Waals surface area contributed by atoms with Crippen LogP contribution in [-0.2, 0) is 0 Å². The van der Waals surface area contributed by atoms with Crippen molar-refractivity contribution in [2.24, 2.45) is 0 Å². The Morgan fingerprint density at radius 1 is 1.16 bits per heavy atom. The van der Waals surface area contributed by atoms with Crippen molar-refractivity contribution in [2.45, 2.75) is 13.8 Å². The van der Waals surface area contributed by atoms with Crippen molar-refractivity contribution in [3.63, 3.8) is 0 Å². The summed E-state index contributed by atoms with van der Waals surface area (Å²) in [4.78, 5) is 0. The monoisotopic (exact) mass is 342 g/mol. The zero-order chi connectivity index (χ0) is 14.2. The van der Waals surface area contributed by atoms with Crippen LogP contribution in [0.2, 0.25) is 5.02 Å². The highest BCUT2D eigenvalue weighted by Gasteiger charge is 2.10. The third-order valence-electron chi connectivity index (χ3n) is 2.85. The average molecular weight is 344 g/mol. The molecule has 5 heteroatoms. The van der Waals surface area contributed by atoms with Crippen molar-refractivity contribution in [3.8, 4) is 0 Å². The Hall–Kier alpha value is -1.26. The zero-order valence-corrected chi connectivity index (χ0v) is 12.9. The van der Waals surface area contributed by atoms with Crippen LogP contribution >= 0.6 is 27.5 Å². The lowest BCUT2D eigenvalue weighted by atomic mass is 10.1. The molecule has 0 saturated carbocycles. The number of rotatable bonds is 2. The normalized spacial score (nSPS) is 10.6. The predicted octanol–water partition coefficient (Wildman–Crippen LogP) is 5.18. The van der Waals surface area contributed by atoms with Gasteiger partial charge in [-0.15, -0.1) is 0 Å². The van der Waals surface area contributed by atoms with E-state index in [0.29, 0.717) is 11.4 Å². The second-order valence-corrected chi connectivity index (χ2v) is 5.72. The van der Waals surface area contributed by atoms with Gasteiger partial charge < -0.3 is 11.1 Å². The van der Waals surface area contributed by atoms with Gasteiger partial charge in [0.15, 0.2) is 0 Å². The first-order valence-corrected chi connectivity index (χ1v) is 6.84. The Morgan fingerprint density at radius 3 is 2.32 bits per heavy atom. The van der Waals surface area contributed by atoms with E-state index >= 15 is 0 Å². The first-order chi connectivity index (χ1) is 8.88. The molecule has 0 aliphatic carbocycles. The minimum absolute atomic E-state index is 0.0206. The lowest BCUT2D eigenvalue weighted by Crippen LogP contribution is -2.01. The number of nitrogen functional groups attached to an aromatic ring is 1. The van der Waals surface area contributed by atoms with E-state index < -0.39 is 5.82 Å². The second-order valence-electron chi connectivity index (χ2n) is 4.39. The number of anilines is 3. The Kier molecular flexibility index (Phi) is 4.02. The molecule has 0 atom stereocenters. The Bertz CT molecular complexity index is 621. The molecule has 0 bridgehead atoms. The summed E-state index contributed by atoms with van der Waals surface area (Å²) >= 11 is 9.12. The van der Waals surface area contributed by atoms with Crippen LogP contribution in [0.4, 0.5) is 21.5 Å². The molecule has 0 saturated heterocycles. The van der Waals surface area contributed by atoms with Crippen molar-refractivity contribution in [1.82, 2.24) is 0 Å². The first kappa shape index (κ1) is 14.2. The van der Waals surface area contributed by atoms with Crippen LogP contribution in [-0.4, -0.2) is 0 Å². The second kappa shape index (κ2) is 5.39. The van der Waals surface area contributed by atoms with Crippen molar-refractivity contribution in [1.29, 1.82) is 0 Å². The van der Waals surface area contributed by atoms with E-state index in [9.17, 15) is 4.39 Å². The average Bonchev–Trinajstić information content (AvgIpc) is 2.29. The fraction of sp³-hybridized carbons (Fsp3) is 0.143. The molecule has 0 heterocycles. The topological polar surface area (TPSA) is 38.0 Å². The first-order valence-electron chi connectivity index (χ1n) is 5.67. The molecule has 0 unspecified atom stereocenters. The fourth-order valence-corrected chi connectivity index (χ4v) is 2.77. The SMILES string of the molecule is Cc1cc(Br)cc(C)c1Nc1cc(F)c(Cl)cc1N. The van der Waals surface area contributed by atoms with Gasteiger partial charge in [0.2, 0.25) is 0 Å². The molecule has 3 N–H and O–H groups in total. The highest BCUT2D eigenvalue weighted by Crippen LogP contribution is 2.32. The highest BCUT2D eigenvalue weighted by atomic mass is 79.9. The quantitative estimate of drug-likeness (QED) is 0.737. The summed E-state index contributed by atoms with van der Waals surface area (Å²) in [5.74, 6) is -0.495. The van der Waals surface area contributed by atoms with Gasteiger partial charge in [0.05, 0.1) is 16.4 Å². The number of aryl methyl sites for hydroxylation is 2. The van der Waals surface area contributed by atoms with E-state index in [2.05, 4.69) is 21.2 Å². The molecule has 0 aromatic heterocycles. The molecule has 100 valence electrons. The molecule has 0 aliphatic heterocycles. The van der Waals surface area contributed by atoms with Gasteiger partial charge in [0.1, 0.15) is 5.82 Å². The van der Waals surface area contributed by atoms with Crippen LogP contribution < -0.4 is 11.1 Å². The summed E-state index contributed by atoms with van der Waals surface area (Å²) in [7, 11) is 0. The molecule has 2 nitrogen and oxygen atoms in total. The molecule has 19 heavy (non-hydrogen) atoms. The molecule has 2 rings (SSSR count). The van der Waals surface area contributed by atoms with Crippen molar-refractivity contribution < 1.29 is 4.39 Å². The van der Waals surface area contributed by atoms with Gasteiger partial charge in [0, 0.05) is 16.2 Å². The van der Waals surface area contributed by atoms with Gasteiger partial charge in [-0.2, -0.15) is 0 Å². The Balaban J connectivity index is 2.45. The maximum atomic E-state index is 13.5. The molecule has 0 fully saturated rings. The van der Waals surface area contributed by atoms with Crippen molar-refractivity contribution >= 4 is 44.6 Å². The lowest BCUT2D eigenvalue weighted by molar-refractivity contribution is 0.629. The number of nitrogens with two attached hydrogens (primary N) is 1. The minimum atomic E-state index is -0.495. The van der Waals surface area contributed by atoms with E-state index in [0.717, 1.165) is 21.3 Å². The number of nitrogens with one attached hydrogen (secondary N) is 1. The molecule has 0 spiro atoms. The molecule has 0 aliphatic rings. The van der Waals surface area contributed by atoms with E-state index in [1.807, 2.05) is 26.0 Å². The van der Waals surface area contributed by atoms with Crippen molar-refractivity contribution in [2.75, 3.05) is 11.1 Å². The standard InChI is InChI=1S/C14H13BrClFN2/c1-7-3-9(15)4-8(2)14(7)19-13-6-11(17)10(16)5-12(13)18/h3-6,19H,18H2,1-2H3. The predicted molar refractivity (Wildman–Crippen MR) is 82.7 cm³/mol. The van der Waals surface area contributed by atoms with Crippen LogP contribution in [0.15, 0.2) is 28.7 Å². The Morgan fingerprint density at radius 2 is 1.74 bits per heavy atom. The van der Waals surface area contributed by atoms with Crippen LogP contribution in [0.25, 0.3) is 0 Å². The number of halogens is 3. The van der Waals surface area contributed by atoms with Gasteiger partial charge in [-0.05, 0) is 43.2 Å². The number of benzene rings is 2. The smallest absolute Gasteiger partial charge is 0.144 e. The van der Waals surface area contributed by atoms with E-state index in [-0.39, 0.29) is 5.02 Å². The number of hydrogen-bond donors (Lipinski definition) is 2. The summed E-state index contributed by atoms with van der Waals surface area (Å²) in [6, 6.07) is 6.68. The van der Waals surface area contributed by atoms with Gasteiger partial charge in [-0.1, -0.05) is 27.5 Å². The molecular weight excluding hydrogens is 331 g/mol. The van der Waals surface area contributed by atoms with E-state index in [1.165, 1.54) is 12.1 Å². The third-order valence-corrected chi connectivity index (χ3v) is 3.60. The van der Waals surface area contributed by atoms with Crippen LogP contribution in [0.1, 0.15) is 11.1 Å². The summed E-state index contributed by atoms with van der Waals surface area (Å²) in [5.41, 5.74) is 9.77. The van der Waals surface area contributed by atoms with Gasteiger partial charge in [0.25, 0.3) is 0 Å². The largest absolute Gasteiger partial charge is 0.397 e. The molecule has 2 aromatic rings.